The molecule has 0 radical (unpaired) electrons. The van der Waals surface area contributed by atoms with Crippen LogP contribution in [0, 0.1) is 18.3 Å². The summed E-state index contributed by atoms with van der Waals surface area (Å²) < 4.78 is 10.0. The lowest BCUT2D eigenvalue weighted by Gasteiger charge is -2.10. The molecule has 1 aromatic carbocycles. The maximum Gasteiger partial charge on any atom is 0.316 e. The normalized spacial score (nSPS) is 11.4. The number of carbonyl (C=O) groups excluding carboxylic acids is 2. The van der Waals surface area contributed by atoms with Crippen LogP contribution in [-0.2, 0) is 20.9 Å². The predicted octanol–water partition coefficient (Wildman–Crippen LogP) is 2.66. The van der Waals surface area contributed by atoms with Crippen LogP contribution in [0.2, 0.25) is 0 Å². The molecule has 1 heterocycles. The fourth-order valence-corrected chi connectivity index (χ4v) is 2.48. The molecule has 25 heavy (non-hydrogen) atoms. The van der Waals surface area contributed by atoms with Crippen molar-refractivity contribution in [3.05, 3.63) is 47.2 Å². The van der Waals surface area contributed by atoms with Crippen LogP contribution in [-0.4, -0.2) is 28.0 Å². The molecule has 130 valence electrons. The number of aromatic nitrogens is 1. The molecular weight excluding hydrogens is 342 g/mol. The van der Waals surface area contributed by atoms with E-state index in [-0.39, 0.29) is 18.3 Å². The van der Waals surface area contributed by atoms with Gasteiger partial charge in [-0.2, -0.15) is 5.26 Å². The number of aryl methyl sites for hydroxylation is 1. The van der Waals surface area contributed by atoms with E-state index in [9.17, 15) is 9.59 Å². The number of esters is 1. The number of nitrogens with zero attached hydrogens (tertiary/aromatic N) is 2. The molecule has 1 atom stereocenters. The number of thioether (sulfide) groups is 1. The fraction of sp³-hybridized carbons (Fsp3) is 0.294. The summed E-state index contributed by atoms with van der Waals surface area (Å²) in [6, 6.07) is 10.4. The highest BCUT2D eigenvalue weighted by molar-refractivity contribution is 8.01. The predicted molar refractivity (Wildman–Crippen MR) is 92.7 cm³/mol. The SMILES string of the molecule is Cc1cc(NC(=O)[C@H](C)SCC(=O)OCc2ccc(C#N)cc2)no1. The van der Waals surface area contributed by atoms with Crippen molar-refractivity contribution in [2.24, 2.45) is 0 Å². The molecule has 0 unspecified atom stereocenters. The highest BCUT2D eigenvalue weighted by atomic mass is 32.2. The Morgan fingerprint density at radius 1 is 1.40 bits per heavy atom. The zero-order valence-corrected chi connectivity index (χ0v) is 14.6. The molecule has 0 aliphatic heterocycles. The molecule has 1 aromatic heterocycles. The van der Waals surface area contributed by atoms with Gasteiger partial charge in [-0.15, -0.1) is 11.8 Å². The lowest BCUT2D eigenvalue weighted by atomic mass is 10.2. The monoisotopic (exact) mass is 359 g/mol. The van der Waals surface area contributed by atoms with Crippen molar-refractivity contribution in [1.29, 1.82) is 5.26 Å². The van der Waals surface area contributed by atoms with Gasteiger partial charge in [-0.25, -0.2) is 0 Å². The molecule has 0 spiro atoms. The Hall–Kier alpha value is -2.79. The third kappa shape index (κ3) is 5.97. The Balaban J connectivity index is 1.71. The van der Waals surface area contributed by atoms with Crippen LogP contribution in [0.4, 0.5) is 5.82 Å². The number of benzene rings is 1. The summed E-state index contributed by atoms with van der Waals surface area (Å²) in [6.07, 6.45) is 0. The van der Waals surface area contributed by atoms with Gasteiger partial charge in [0.2, 0.25) is 5.91 Å². The Morgan fingerprint density at radius 2 is 2.12 bits per heavy atom. The van der Waals surface area contributed by atoms with E-state index >= 15 is 0 Å². The first kappa shape index (κ1) is 18.5. The highest BCUT2D eigenvalue weighted by Gasteiger charge is 2.17. The molecule has 0 aliphatic rings. The maximum absolute atomic E-state index is 12.0. The minimum Gasteiger partial charge on any atom is -0.460 e. The second-order valence-corrected chi connectivity index (χ2v) is 6.56. The van der Waals surface area contributed by atoms with Crippen LogP contribution >= 0.6 is 11.8 Å². The minimum atomic E-state index is -0.445. The fourth-order valence-electron chi connectivity index (χ4n) is 1.80. The first-order valence-corrected chi connectivity index (χ1v) is 8.53. The Morgan fingerprint density at radius 3 is 2.72 bits per heavy atom. The van der Waals surface area contributed by atoms with Crippen molar-refractivity contribution in [2.75, 3.05) is 11.1 Å². The average molecular weight is 359 g/mol. The zero-order chi connectivity index (χ0) is 18.2. The van der Waals surface area contributed by atoms with Gasteiger partial charge in [0.1, 0.15) is 12.4 Å². The van der Waals surface area contributed by atoms with Gasteiger partial charge in [0.15, 0.2) is 5.82 Å². The zero-order valence-electron chi connectivity index (χ0n) is 13.8. The lowest BCUT2D eigenvalue weighted by molar-refractivity contribution is -0.141. The van der Waals surface area contributed by atoms with Crippen LogP contribution in [0.15, 0.2) is 34.9 Å². The summed E-state index contributed by atoms with van der Waals surface area (Å²) in [4.78, 5) is 23.8. The smallest absolute Gasteiger partial charge is 0.316 e. The van der Waals surface area contributed by atoms with E-state index < -0.39 is 11.2 Å². The highest BCUT2D eigenvalue weighted by Crippen LogP contribution is 2.15. The van der Waals surface area contributed by atoms with E-state index in [0.29, 0.717) is 17.1 Å². The van der Waals surface area contributed by atoms with E-state index in [1.165, 1.54) is 11.8 Å². The Bertz CT molecular complexity index is 780. The molecule has 0 fully saturated rings. The number of amides is 1. The van der Waals surface area contributed by atoms with Gasteiger partial charge in [0.05, 0.1) is 22.6 Å². The minimum absolute atomic E-state index is 0.0582. The van der Waals surface area contributed by atoms with Crippen molar-refractivity contribution >= 4 is 29.5 Å². The molecule has 7 nitrogen and oxygen atoms in total. The molecule has 0 aliphatic carbocycles. The summed E-state index contributed by atoms with van der Waals surface area (Å²) in [5, 5.41) is 14.6. The quantitative estimate of drug-likeness (QED) is 0.758. The second kappa shape index (κ2) is 8.89. The van der Waals surface area contributed by atoms with Crippen molar-refractivity contribution < 1.29 is 18.8 Å². The number of rotatable bonds is 7. The van der Waals surface area contributed by atoms with Gasteiger partial charge in [0, 0.05) is 6.07 Å². The molecule has 1 amide bonds. The van der Waals surface area contributed by atoms with E-state index in [4.69, 9.17) is 14.5 Å². The van der Waals surface area contributed by atoms with Gasteiger partial charge in [-0.1, -0.05) is 17.3 Å². The topological polar surface area (TPSA) is 105 Å². The number of ether oxygens (including phenoxy) is 1. The molecule has 8 heteroatoms. The first-order valence-electron chi connectivity index (χ1n) is 7.48. The lowest BCUT2D eigenvalue weighted by Crippen LogP contribution is -2.24. The van der Waals surface area contributed by atoms with Gasteiger partial charge in [0.25, 0.3) is 0 Å². The summed E-state index contributed by atoms with van der Waals surface area (Å²) in [5.41, 5.74) is 1.34. The molecular formula is C17H17N3O4S. The van der Waals surface area contributed by atoms with E-state index in [1.807, 2.05) is 6.07 Å². The van der Waals surface area contributed by atoms with Crippen molar-refractivity contribution in [1.82, 2.24) is 5.16 Å². The van der Waals surface area contributed by atoms with E-state index in [0.717, 1.165) is 5.56 Å². The summed E-state index contributed by atoms with van der Waals surface area (Å²) in [6.45, 7) is 3.55. The average Bonchev–Trinajstić information content (AvgIpc) is 3.02. The van der Waals surface area contributed by atoms with Gasteiger partial charge in [-0.05, 0) is 31.5 Å². The second-order valence-electron chi connectivity index (χ2n) is 5.23. The van der Waals surface area contributed by atoms with Crippen LogP contribution in [0.5, 0.6) is 0 Å². The Labute approximate surface area is 149 Å². The van der Waals surface area contributed by atoms with Crippen molar-refractivity contribution in [3.8, 4) is 6.07 Å². The van der Waals surface area contributed by atoms with Crippen molar-refractivity contribution in [2.45, 2.75) is 25.7 Å². The number of nitrogens with one attached hydrogen (secondary N) is 1. The summed E-state index contributed by atoms with van der Waals surface area (Å²) in [7, 11) is 0. The standard InChI is InChI=1S/C17H17N3O4S/c1-11-7-15(20-24-11)19-17(22)12(2)25-10-16(21)23-9-14-5-3-13(8-18)4-6-14/h3-7,12H,9-10H2,1-2H3,(H,19,20,22)/t12-/m0/s1. The van der Waals surface area contributed by atoms with E-state index in [2.05, 4.69) is 10.5 Å². The number of anilines is 1. The third-order valence-electron chi connectivity index (χ3n) is 3.18. The van der Waals surface area contributed by atoms with Gasteiger partial charge in [-0.3, -0.25) is 9.59 Å². The molecule has 1 N–H and O–H groups in total. The largest absolute Gasteiger partial charge is 0.460 e. The number of nitriles is 1. The summed E-state index contributed by atoms with van der Waals surface area (Å²) >= 11 is 1.17. The number of hydrogen-bond donors (Lipinski definition) is 1. The third-order valence-corrected chi connectivity index (χ3v) is 4.30. The summed E-state index contributed by atoms with van der Waals surface area (Å²) in [5.74, 6) is 0.327. The number of carbonyl (C=O) groups is 2. The molecule has 0 bridgehead atoms. The van der Waals surface area contributed by atoms with Gasteiger partial charge < -0.3 is 14.6 Å². The Kier molecular flexibility index (Phi) is 6.60. The van der Waals surface area contributed by atoms with Crippen LogP contribution in [0.3, 0.4) is 0 Å². The first-order chi connectivity index (χ1) is 12.0. The van der Waals surface area contributed by atoms with Crippen LogP contribution < -0.4 is 5.32 Å². The molecule has 2 rings (SSSR count). The van der Waals surface area contributed by atoms with Gasteiger partial charge >= 0.3 is 5.97 Å². The molecule has 2 aromatic rings. The maximum atomic E-state index is 12.0. The van der Waals surface area contributed by atoms with E-state index in [1.54, 1.807) is 44.2 Å². The number of hydrogen-bond acceptors (Lipinski definition) is 7. The molecule has 0 saturated carbocycles. The van der Waals surface area contributed by atoms with Crippen molar-refractivity contribution in [3.63, 3.8) is 0 Å². The molecule has 0 saturated heterocycles. The van der Waals surface area contributed by atoms with Crippen LogP contribution in [0.25, 0.3) is 0 Å². The van der Waals surface area contributed by atoms with Crippen LogP contribution in [0.1, 0.15) is 23.8 Å².